The van der Waals surface area contributed by atoms with Crippen LogP contribution in [0.25, 0.3) is 0 Å². The van der Waals surface area contributed by atoms with E-state index < -0.39 is 10.1 Å². The highest BCUT2D eigenvalue weighted by molar-refractivity contribution is 7.86. The zero-order valence-electron chi connectivity index (χ0n) is 18.0. The summed E-state index contributed by atoms with van der Waals surface area (Å²) in [6.45, 7) is 4.68. The molecule has 2 rings (SSSR count). The first-order valence-corrected chi connectivity index (χ1v) is 12.5. The van der Waals surface area contributed by atoms with Gasteiger partial charge in [0.25, 0.3) is 10.1 Å². The van der Waals surface area contributed by atoms with E-state index in [0.29, 0.717) is 6.42 Å². The molecule has 0 saturated carbocycles. The lowest BCUT2D eigenvalue weighted by molar-refractivity contribution is 0.312. The molecule has 2 aromatic rings. The van der Waals surface area contributed by atoms with Crippen LogP contribution >= 0.6 is 0 Å². The molecular formula is C25H36O3S. The smallest absolute Gasteiger partial charge is 0.266 e. The largest absolute Gasteiger partial charge is 0.296 e. The second-order valence-corrected chi connectivity index (χ2v) is 9.38. The third kappa shape index (κ3) is 8.71. The fraction of sp³-hybridized carbons (Fsp3) is 0.520. The van der Waals surface area contributed by atoms with Crippen LogP contribution in [0.15, 0.2) is 53.4 Å². The SMILES string of the molecule is CCCCCc1cc(CCCCC)cc(CCCOS(=O)(=O)c2ccccc2)c1. The molecule has 0 amide bonds. The van der Waals surface area contributed by atoms with Gasteiger partial charge in [-0.3, -0.25) is 4.18 Å². The first-order valence-electron chi connectivity index (χ1n) is 11.1. The fourth-order valence-electron chi connectivity index (χ4n) is 3.53. The van der Waals surface area contributed by atoms with Crippen molar-refractivity contribution in [3.05, 3.63) is 65.2 Å². The van der Waals surface area contributed by atoms with Gasteiger partial charge in [-0.15, -0.1) is 0 Å². The van der Waals surface area contributed by atoms with Gasteiger partial charge in [0.15, 0.2) is 0 Å². The fourth-order valence-corrected chi connectivity index (χ4v) is 4.49. The molecule has 0 unspecified atom stereocenters. The van der Waals surface area contributed by atoms with Gasteiger partial charge >= 0.3 is 0 Å². The van der Waals surface area contributed by atoms with Gasteiger partial charge in [-0.2, -0.15) is 8.42 Å². The van der Waals surface area contributed by atoms with E-state index in [2.05, 4.69) is 32.0 Å². The Labute approximate surface area is 177 Å². The summed E-state index contributed by atoms with van der Waals surface area (Å²) < 4.78 is 29.7. The van der Waals surface area contributed by atoms with E-state index >= 15 is 0 Å². The van der Waals surface area contributed by atoms with E-state index in [1.54, 1.807) is 30.3 Å². The standard InChI is InChI=1S/C25H36O3S/c1-3-5-8-13-22-19-23(14-9-6-4-2)21-24(20-22)15-12-18-28-29(26,27)25-16-10-7-11-17-25/h7,10-11,16-17,19-21H,3-6,8-9,12-15,18H2,1-2H3. The van der Waals surface area contributed by atoms with Crippen LogP contribution in [0.4, 0.5) is 0 Å². The van der Waals surface area contributed by atoms with Crippen molar-refractivity contribution in [2.75, 3.05) is 6.61 Å². The van der Waals surface area contributed by atoms with Gasteiger partial charge in [-0.05, 0) is 67.3 Å². The first kappa shape index (κ1) is 23.6. The number of unbranched alkanes of at least 4 members (excludes halogenated alkanes) is 4. The second-order valence-electron chi connectivity index (χ2n) is 7.76. The van der Waals surface area contributed by atoms with Crippen LogP contribution in [0.2, 0.25) is 0 Å². The lowest BCUT2D eigenvalue weighted by Gasteiger charge is -2.11. The predicted molar refractivity (Wildman–Crippen MR) is 121 cm³/mol. The average Bonchev–Trinajstić information content (AvgIpc) is 2.72. The van der Waals surface area contributed by atoms with Crippen LogP contribution in [0.1, 0.15) is 75.5 Å². The first-order chi connectivity index (χ1) is 14.0. The summed E-state index contributed by atoms with van der Waals surface area (Å²) in [6, 6.07) is 15.3. The molecule has 2 aromatic carbocycles. The van der Waals surface area contributed by atoms with Gasteiger partial charge in [-0.25, -0.2) is 0 Å². The zero-order valence-corrected chi connectivity index (χ0v) is 18.8. The van der Waals surface area contributed by atoms with Crippen LogP contribution in [0.5, 0.6) is 0 Å². The summed E-state index contributed by atoms with van der Waals surface area (Å²) in [7, 11) is -3.66. The number of aryl methyl sites for hydroxylation is 3. The monoisotopic (exact) mass is 416 g/mol. The Morgan fingerprint density at radius 1 is 0.690 bits per heavy atom. The van der Waals surface area contributed by atoms with E-state index in [-0.39, 0.29) is 11.5 Å². The lowest BCUT2D eigenvalue weighted by Crippen LogP contribution is -2.08. The van der Waals surface area contributed by atoms with Crippen molar-refractivity contribution >= 4 is 10.1 Å². The molecule has 29 heavy (non-hydrogen) atoms. The molecule has 0 aliphatic rings. The Morgan fingerprint density at radius 3 is 1.66 bits per heavy atom. The molecule has 0 radical (unpaired) electrons. The van der Waals surface area contributed by atoms with Crippen LogP contribution in [0, 0.1) is 0 Å². The number of benzene rings is 2. The van der Waals surface area contributed by atoms with E-state index in [9.17, 15) is 8.42 Å². The van der Waals surface area contributed by atoms with Gasteiger partial charge in [0, 0.05) is 0 Å². The predicted octanol–water partition coefficient (Wildman–Crippen LogP) is 6.49. The minimum absolute atomic E-state index is 0.211. The molecule has 0 saturated heterocycles. The summed E-state index contributed by atoms with van der Waals surface area (Å²) in [5.41, 5.74) is 4.13. The molecule has 0 aliphatic heterocycles. The Morgan fingerprint density at radius 2 is 1.17 bits per heavy atom. The minimum Gasteiger partial charge on any atom is -0.266 e. The van der Waals surface area contributed by atoms with Crippen LogP contribution in [-0.4, -0.2) is 15.0 Å². The quantitative estimate of drug-likeness (QED) is 0.261. The summed E-state index contributed by atoms with van der Waals surface area (Å²) in [5, 5.41) is 0. The molecule has 0 spiro atoms. The van der Waals surface area contributed by atoms with Crippen molar-refractivity contribution in [3.63, 3.8) is 0 Å². The van der Waals surface area contributed by atoms with E-state index in [1.807, 2.05) is 0 Å². The van der Waals surface area contributed by atoms with Gasteiger partial charge < -0.3 is 0 Å². The van der Waals surface area contributed by atoms with Crippen molar-refractivity contribution in [1.82, 2.24) is 0 Å². The highest BCUT2D eigenvalue weighted by atomic mass is 32.2. The minimum atomic E-state index is -3.66. The summed E-state index contributed by atoms with van der Waals surface area (Å²) in [5.74, 6) is 0. The summed E-state index contributed by atoms with van der Waals surface area (Å²) in [6.07, 6.45) is 11.2. The normalized spacial score (nSPS) is 11.7. The van der Waals surface area contributed by atoms with Crippen molar-refractivity contribution in [1.29, 1.82) is 0 Å². The summed E-state index contributed by atoms with van der Waals surface area (Å²) >= 11 is 0. The molecule has 160 valence electrons. The van der Waals surface area contributed by atoms with E-state index in [1.165, 1.54) is 55.2 Å². The molecule has 0 aromatic heterocycles. The molecule has 3 nitrogen and oxygen atoms in total. The third-order valence-corrected chi connectivity index (χ3v) is 6.46. The van der Waals surface area contributed by atoms with Gasteiger partial charge in [0.2, 0.25) is 0 Å². The van der Waals surface area contributed by atoms with E-state index in [0.717, 1.165) is 19.3 Å². The Balaban J connectivity index is 1.93. The topological polar surface area (TPSA) is 43.4 Å². The highest BCUT2D eigenvalue weighted by Gasteiger charge is 2.14. The molecular weight excluding hydrogens is 380 g/mol. The van der Waals surface area contributed by atoms with Crippen molar-refractivity contribution in [2.24, 2.45) is 0 Å². The molecule has 0 fully saturated rings. The molecule has 4 heteroatoms. The van der Waals surface area contributed by atoms with E-state index in [4.69, 9.17) is 4.18 Å². The maximum Gasteiger partial charge on any atom is 0.296 e. The summed E-state index contributed by atoms with van der Waals surface area (Å²) in [4.78, 5) is 0.219. The zero-order chi connectivity index (χ0) is 21.0. The van der Waals surface area contributed by atoms with Gasteiger partial charge in [-0.1, -0.05) is 75.9 Å². The maximum absolute atomic E-state index is 12.2. The second kappa shape index (κ2) is 12.8. The van der Waals surface area contributed by atoms with Crippen LogP contribution < -0.4 is 0 Å². The Hall–Kier alpha value is -1.65. The number of hydrogen-bond acceptors (Lipinski definition) is 3. The molecule has 0 atom stereocenters. The molecule has 0 bridgehead atoms. The number of hydrogen-bond donors (Lipinski definition) is 0. The molecule has 0 aliphatic carbocycles. The van der Waals surface area contributed by atoms with Gasteiger partial charge in [0.1, 0.15) is 0 Å². The van der Waals surface area contributed by atoms with Crippen LogP contribution in [0.3, 0.4) is 0 Å². The highest BCUT2D eigenvalue weighted by Crippen LogP contribution is 2.18. The lowest BCUT2D eigenvalue weighted by atomic mass is 9.96. The van der Waals surface area contributed by atoms with Crippen molar-refractivity contribution in [3.8, 4) is 0 Å². The maximum atomic E-state index is 12.2. The van der Waals surface area contributed by atoms with Crippen molar-refractivity contribution < 1.29 is 12.6 Å². The Bertz CT molecular complexity index is 785. The van der Waals surface area contributed by atoms with Crippen molar-refractivity contribution in [2.45, 2.75) is 83.0 Å². The third-order valence-electron chi connectivity index (χ3n) is 5.13. The Kier molecular flexibility index (Phi) is 10.4. The van der Waals surface area contributed by atoms with Gasteiger partial charge in [0.05, 0.1) is 11.5 Å². The van der Waals surface area contributed by atoms with Crippen LogP contribution in [-0.2, 0) is 33.6 Å². The average molecular weight is 417 g/mol. The molecule has 0 heterocycles. The number of rotatable bonds is 14. The molecule has 0 N–H and O–H groups in total.